The van der Waals surface area contributed by atoms with Gasteiger partial charge in [0.25, 0.3) is 0 Å². The van der Waals surface area contributed by atoms with Gasteiger partial charge in [0.05, 0.1) is 13.7 Å². The third-order valence-corrected chi connectivity index (χ3v) is 5.36. The fourth-order valence-corrected chi connectivity index (χ4v) is 5.68. The molecule has 1 aromatic rings. The quantitative estimate of drug-likeness (QED) is 0.321. The summed E-state index contributed by atoms with van der Waals surface area (Å²) >= 11 is 10.5. The molecule has 1 rings (SSSR count). The molecule has 5 heteroatoms. The van der Waals surface area contributed by atoms with E-state index in [4.69, 9.17) is 4.74 Å². The van der Waals surface area contributed by atoms with Crippen LogP contribution in [-0.2, 0) is 0 Å². The Hall–Kier alpha value is 1.69. The molecule has 0 spiro atoms. The van der Waals surface area contributed by atoms with Crippen molar-refractivity contribution in [2.45, 2.75) is 13.3 Å². The van der Waals surface area contributed by atoms with Crippen molar-refractivity contribution in [3.63, 3.8) is 0 Å². The summed E-state index contributed by atoms with van der Waals surface area (Å²) in [6, 6.07) is 4.29. The Labute approximate surface area is 146 Å². The van der Waals surface area contributed by atoms with E-state index >= 15 is 0 Å². The van der Waals surface area contributed by atoms with Crippen molar-refractivity contribution >= 4 is 83.7 Å². The van der Waals surface area contributed by atoms with Gasteiger partial charge in [-0.1, -0.05) is 22.9 Å². The minimum Gasteiger partial charge on any atom is -0.491 e. The van der Waals surface area contributed by atoms with Crippen LogP contribution in [0.5, 0.6) is 5.75 Å². The summed E-state index contributed by atoms with van der Waals surface area (Å²) in [5, 5.41) is 1.00. The summed E-state index contributed by atoms with van der Waals surface area (Å²) in [5.74, 6) is 1.62. The maximum atomic E-state index is 5.92. The Morgan fingerprint density at radius 1 is 1.25 bits per heavy atom. The lowest BCUT2D eigenvalue weighted by Gasteiger charge is -2.15. The van der Waals surface area contributed by atoms with Crippen molar-refractivity contribution in [3.8, 4) is 5.75 Å². The van der Waals surface area contributed by atoms with Crippen molar-refractivity contribution in [1.29, 1.82) is 0 Å². The number of benzene rings is 1. The van der Waals surface area contributed by atoms with E-state index in [-0.39, 0.29) is 0 Å². The molecule has 0 heterocycles. The van der Waals surface area contributed by atoms with Crippen molar-refractivity contribution in [2.24, 2.45) is 5.92 Å². The van der Waals surface area contributed by atoms with Crippen LogP contribution in [-0.4, -0.2) is 11.9 Å². The topological polar surface area (TPSA) is 9.23 Å². The van der Waals surface area contributed by atoms with E-state index in [1.807, 2.05) is 0 Å². The summed E-state index contributed by atoms with van der Waals surface area (Å²) in [5.41, 5.74) is 0. The number of halogens is 4. The first kappa shape index (κ1) is 15.7. The van der Waals surface area contributed by atoms with Gasteiger partial charge in [-0.05, 0) is 86.3 Å². The Balaban J connectivity index is 2.74. The van der Waals surface area contributed by atoms with E-state index in [0.29, 0.717) is 5.92 Å². The highest BCUT2D eigenvalue weighted by molar-refractivity contribution is 14.1. The van der Waals surface area contributed by atoms with Gasteiger partial charge in [0.1, 0.15) is 5.75 Å². The first-order valence-corrected chi connectivity index (χ1v) is 9.27. The Morgan fingerprint density at radius 2 is 1.81 bits per heavy atom. The summed E-state index contributed by atoms with van der Waals surface area (Å²) in [6.45, 7) is 2.98. The fourth-order valence-electron chi connectivity index (χ4n) is 1.14. The highest BCUT2D eigenvalue weighted by Crippen LogP contribution is 2.30. The van der Waals surface area contributed by atoms with E-state index in [9.17, 15) is 0 Å². The van der Waals surface area contributed by atoms with Crippen molar-refractivity contribution in [1.82, 2.24) is 0 Å². The van der Waals surface area contributed by atoms with Crippen LogP contribution >= 0.6 is 83.7 Å². The molecule has 0 saturated heterocycles. The Kier molecular flexibility index (Phi) is 7.85. The van der Waals surface area contributed by atoms with Crippen LogP contribution in [0.3, 0.4) is 0 Å². The fraction of sp³-hybridized carbons (Fsp3) is 0.455. The van der Waals surface area contributed by atoms with E-state index in [1.165, 1.54) is 10.7 Å². The summed E-state index contributed by atoms with van der Waals surface area (Å²) in [4.78, 5) is 0. The minimum atomic E-state index is 0.589. The molecule has 0 saturated carbocycles. The zero-order chi connectivity index (χ0) is 12.1. The number of hydrogen-bond donors (Lipinski definition) is 0. The van der Waals surface area contributed by atoms with Crippen LogP contribution in [0.15, 0.2) is 12.1 Å². The third kappa shape index (κ3) is 4.75. The third-order valence-electron chi connectivity index (χ3n) is 2.22. The second-order valence-electron chi connectivity index (χ2n) is 3.44. The van der Waals surface area contributed by atoms with Gasteiger partial charge in [0, 0.05) is 14.8 Å². The molecule has 0 aliphatic rings. The number of ether oxygens (including phenoxy) is 1. The summed E-state index contributed by atoms with van der Waals surface area (Å²) < 4.78 is 9.56. The molecule has 1 unspecified atom stereocenters. The van der Waals surface area contributed by atoms with E-state index < -0.39 is 0 Å². The highest BCUT2D eigenvalue weighted by Gasteiger charge is 2.11. The molecule has 16 heavy (non-hydrogen) atoms. The van der Waals surface area contributed by atoms with E-state index in [1.54, 1.807) is 0 Å². The van der Waals surface area contributed by atoms with Gasteiger partial charge in [-0.25, -0.2) is 0 Å². The molecular formula is C11H12BrI3O. The monoisotopic (exact) mass is 620 g/mol. The lowest BCUT2D eigenvalue weighted by atomic mass is 10.1. The normalized spacial score (nSPS) is 12.6. The van der Waals surface area contributed by atoms with Crippen molar-refractivity contribution in [2.75, 3.05) is 11.9 Å². The average Bonchev–Trinajstić information content (AvgIpc) is 2.22. The second kappa shape index (κ2) is 7.98. The average molecular weight is 621 g/mol. The molecule has 0 amide bonds. The first-order chi connectivity index (χ1) is 7.58. The number of hydrogen-bond acceptors (Lipinski definition) is 1. The second-order valence-corrected chi connectivity index (χ2v) is 7.66. The minimum absolute atomic E-state index is 0.589. The molecule has 0 N–H and O–H groups in total. The van der Waals surface area contributed by atoms with Gasteiger partial charge in [-0.15, -0.1) is 0 Å². The van der Waals surface area contributed by atoms with Crippen molar-refractivity contribution in [3.05, 3.63) is 22.8 Å². The number of rotatable bonds is 5. The molecule has 0 bridgehead atoms. The predicted octanol–water partition coefficient (Wildman–Crippen LogP) is 5.30. The Bertz CT molecular complexity index is 330. The Morgan fingerprint density at radius 3 is 2.25 bits per heavy atom. The summed E-state index contributed by atoms with van der Waals surface area (Å²) in [6.07, 6.45) is 1.14. The molecule has 90 valence electrons. The van der Waals surface area contributed by atoms with Crippen LogP contribution in [0.4, 0.5) is 0 Å². The maximum Gasteiger partial charge on any atom is 0.146 e. The standard InChI is InChI=1S/C11H12BrI3O/c1-2-7(5-12)6-16-11-9(14)3-8(13)4-10(11)15/h3-4,7H,2,5-6H2,1H3. The van der Waals surface area contributed by atoms with E-state index in [0.717, 1.165) is 24.1 Å². The van der Waals surface area contributed by atoms with Gasteiger partial charge in [0.15, 0.2) is 0 Å². The largest absolute Gasteiger partial charge is 0.491 e. The van der Waals surface area contributed by atoms with Crippen LogP contribution in [0.1, 0.15) is 13.3 Å². The van der Waals surface area contributed by atoms with Crippen LogP contribution in [0.2, 0.25) is 0 Å². The van der Waals surface area contributed by atoms with E-state index in [2.05, 4.69) is 103 Å². The smallest absolute Gasteiger partial charge is 0.146 e. The molecule has 0 aromatic heterocycles. The van der Waals surface area contributed by atoms with Crippen LogP contribution in [0.25, 0.3) is 0 Å². The van der Waals surface area contributed by atoms with Gasteiger partial charge in [-0.3, -0.25) is 0 Å². The predicted molar refractivity (Wildman–Crippen MR) is 97.7 cm³/mol. The van der Waals surface area contributed by atoms with Crippen LogP contribution in [0, 0.1) is 16.6 Å². The van der Waals surface area contributed by atoms with Crippen LogP contribution < -0.4 is 4.74 Å². The van der Waals surface area contributed by atoms with Gasteiger partial charge in [0.2, 0.25) is 0 Å². The lowest BCUT2D eigenvalue weighted by Crippen LogP contribution is -2.13. The molecule has 0 aliphatic carbocycles. The summed E-state index contributed by atoms with van der Waals surface area (Å²) in [7, 11) is 0. The lowest BCUT2D eigenvalue weighted by molar-refractivity contribution is 0.257. The SMILES string of the molecule is CCC(CBr)COc1c(I)cc(I)cc1I. The van der Waals surface area contributed by atoms with Gasteiger partial charge >= 0.3 is 0 Å². The molecule has 1 aromatic carbocycles. The zero-order valence-corrected chi connectivity index (χ0v) is 16.8. The maximum absolute atomic E-state index is 5.92. The zero-order valence-electron chi connectivity index (χ0n) is 8.77. The molecule has 0 aliphatic heterocycles. The van der Waals surface area contributed by atoms with Gasteiger partial charge < -0.3 is 4.74 Å². The first-order valence-electron chi connectivity index (χ1n) is 4.91. The highest BCUT2D eigenvalue weighted by atomic mass is 127. The number of alkyl halides is 1. The molecule has 0 radical (unpaired) electrons. The molecule has 1 atom stereocenters. The molecular weight excluding hydrogens is 609 g/mol. The van der Waals surface area contributed by atoms with Gasteiger partial charge in [-0.2, -0.15) is 0 Å². The van der Waals surface area contributed by atoms with Crippen molar-refractivity contribution < 1.29 is 4.74 Å². The molecule has 1 nitrogen and oxygen atoms in total. The molecule has 0 fully saturated rings.